The zero-order valence-corrected chi connectivity index (χ0v) is 10.3. The largest absolute Gasteiger partial charge is 0.494 e. The van der Waals surface area contributed by atoms with Gasteiger partial charge in [-0.1, -0.05) is 32.0 Å². The van der Waals surface area contributed by atoms with E-state index in [-0.39, 0.29) is 0 Å². The van der Waals surface area contributed by atoms with Gasteiger partial charge in [-0.2, -0.15) is 0 Å². The van der Waals surface area contributed by atoms with Crippen LogP contribution in [0.25, 0.3) is 0 Å². The van der Waals surface area contributed by atoms with Gasteiger partial charge in [0.05, 0.1) is 6.61 Å². The fourth-order valence-electron chi connectivity index (χ4n) is 1.74. The molecule has 1 unspecified atom stereocenters. The minimum absolute atomic E-state index is 0.496. The molecule has 1 aromatic carbocycles. The van der Waals surface area contributed by atoms with E-state index in [1.807, 2.05) is 13.0 Å². The number of benzene rings is 1. The Labute approximate surface area is 101 Å². The zero-order chi connectivity index (χ0) is 13.1. The van der Waals surface area contributed by atoms with Gasteiger partial charge in [0.25, 0.3) is 0 Å². The third kappa shape index (κ3) is 2.77. The molecule has 0 aliphatic rings. The van der Waals surface area contributed by atoms with E-state index in [4.69, 9.17) is 9.84 Å². The van der Waals surface area contributed by atoms with Crippen LogP contribution in [0.3, 0.4) is 0 Å². The molecule has 0 amide bonds. The number of hydrogen-bond acceptors (Lipinski definition) is 3. The van der Waals surface area contributed by atoms with Crippen LogP contribution in [0, 0.1) is 0 Å². The third-order valence-corrected chi connectivity index (χ3v) is 2.80. The minimum Gasteiger partial charge on any atom is -0.494 e. The summed E-state index contributed by atoms with van der Waals surface area (Å²) in [4.78, 5) is 10.9. The summed E-state index contributed by atoms with van der Waals surface area (Å²) in [5, 5.41) is 18.7. The number of aliphatic carboxylic acids is 1. The number of aliphatic hydroxyl groups excluding tert-OH is 1. The fraction of sp³-hybridized carbons (Fsp3) is 0.462. The molecule has 4 heteroatoms. The lowest BCUT2D eigenvalue weighted by molar-refractivity contribution is -0.150. The Bertz CT molecular complexity index is 398. The molecule has 4 nitrogen and oxygen atoms in total. The molecule has 0 heterocycles. The molecule has 0 aromatic heterocycles. The van der Waals surface area contributed by atoms with Gasteiger partial charge >= 0.3 is 5.97 Å². The summed E-state index contributed by atoms with van der Waals surface area (Å²) in [5.41, 5.74) is -0.214. The maximum atomic E-state index is 10.9. The molecule has 0 radical (unpaired) electrons. The number of para-hydroxylation sites is 1. The van der Waals surface area contributed by atoms with Crippen LogP contribution in [0.15, 0.2) is 24.3 Å². The van der Waals surface area contributed by atoms with Crippen LogP contribution in [0.2, 0.25) is 0 Å². The number of aliphatic hydroxyl groups is 1. The average Bonchev–Trinajstić information content (AvgIpc) is 2.29. The van der Waals surface area contributed by atoms with Crippen molar-refractivity contribution in [2.45, 2.75) is 32.3 Å². The van der Waals surface area contributed by atoms with Crippen LogP contribution in [0.1, 0.15) is 26.3 Å². The highest BCUT2D eigenvalue weighted by Gasteiger charge is 2.37. The Morgan fingerprint density at radius 2 is 2.00 bits per heavy atom. The molecule has 17 heavy (non-hydrogen) atoms. The van der Waals surface area contributed by atoms with E-state index in [0.29, 0.717) is 17.9 Å². The van der Waals surface area contributed by atoms with Gasteiger partial charge in [-0.05, 0) is 13.0 Å². The summed E-state index contributed by atoms with van der Waals surface area (Å²) in [6.07, 6.45) is -1.47. The predicted molar refractivity (Wildman–Crippen MR) is 64.3 cm³/mol. The van der Waals surface area contributed by atoms with Crippen LogP contribution in [0.4, 0.5) is 0 Å². The first-order chi connectivity index (χ1) is 7.91. The molecule has 0 aliphatic heterocycles. The molecular weight excluding hydrogens is 220 g/mol. The molecule has 0 spiro atoms. The first-order valence-corrected chi connectivity index (χ1v) is 5.54. The van der Waals surface area contributed by atoms with Gasteiger partial charge in [0.15, 0.2) is 6.10 Å². The normalized spacial score (nSPS) is 13.2. The summed E-state index contributed by atoms with van der Waals surface area (Å²) in [6, 6.07) is 7.16. The maximum Gasteiger partial charge on any atom is 0.333 e. The Balaban J connectivity index is 3.17. The number of ether oxygens (including phenoxy) is 1. The van der Waals surface area contributed by atoms with Crippen molar-refractivity contribution in [1.29, 1.82) is 0 Å². The van der Waals surface area contributed by atoms with Crippen molar-refractivity contribution in [2.75, 3.05) is 6.61 Å². The molecule has 0 saturated carbocycles. The second-order valence-corrected chi connectivity index (χ2v) is 4.39. The summed E-state index contributed by atoms with van der Waals surface area (Å²) in [6.45, 7) is 5.72. The van der Waals surface area contributed by atoms with Crippen molar-refractivity contribution in [3.8, 4) is 5.75 Å². The molecule has 2 N–H and O–H groups in total. The SMILES string of the molecule is CCOc1ccccc1C(C)(C)C(O)C(=O)O. The van der Waals surface area contributed by atoms with Crippen molar-refractivity contribution >= 4 is 5.97 Å². The standard InChI is InChI=1S/C13H18O4/c1-4-17-10-8-6-5-7-9(10)13(2,3)11(14)12(15)16/h5-8,11,14H,4H2,1-3H3,(H,15,16). The van der Waals surface area contributed by atoms with Gasteiger partial charge in [-0.25, -0.2) is 4.79 Å². The second-order valence-electron chi connectivity index (χ2n) is 4.39. The average molecular weight is 238 g/mol. The van der Waals surface area contributed by atoms with Crippen molar-refractivity contribution in [3.05, 3.63) is 29.8 Å². The van der Waals surface area contributed by atoms with Crippen LogP contribution < -0.4 is 4.74 Å². The highest BCUT2D eigenvalue weighted by Crippen LogP contribution is 2.34. The van der Waals surface area contributed by atoms with Crippen LogP contribution in [-0.2, 0) is 10.2 Å². The van der Waals surface area contributed by atoms with E-state index in [0.717, 1.165) is 0 Å². The smallest absolute Gasteiger partial charge is 0.333 e. The molecule has 1 rings (SSSR count). The molecule has 0 saturated heterocycles. The molecule has 0 bridgehead atoms. The number of rotatable bonds is 5. The highest BCUT2D eigenvalue weighted by molar-refractivity contribution is 5.74. The number of hydrogen-bond donors (Lipinski definition) is 2. The van der Waals surface area contributed by atoms with Gasteiger partial charge in [-0.3, -0.25) is 0 Å². The van der Waals surface area contributed by atoms with Crippen molar-refractivity contribution in [1.82, 2.24) is 0 Å². The van der Waals surface area contributed by atoms with Gasteiger partial charge in [-0.15, -0.1) is 0 Å². The lowest BCUT2D eigenvalue weighted by Gasteiger charge is -2.29. The lowest BCUT2D eigenvalue weighted by Crippen LogP contribution is -2.40. The first kappa shape index (κ1) is 13.5. The third-order valence-electron chi connectivity index (χ3n) is 2.80. The lowest BCUT2D eigenvalue weighted by atomic mass is 9.79. The molecule has 0 aliphatic carbocycles. The summed E-state index contributed by atoms with van der Waals surface area (Å²) >= 11 is 0. The first-order valence-electron chi connectivity index (χ1n) is 5.54. The topological polar surface area (TPSA) is 66.8 Å². The van der Waals surface area contributed by atoms with E-state index in [1.165, 1.54) is 0 Å². The van der Waals surface area contributed by atoms with Crippen molar-refractivity contribution in [3.63, 3.8) is 0 Å². The highest BCUT2D eigenvalue weighted by atomic mass is 16.5. The maximum absolute atomic E-state index is 10.9. The van der Waals surface area contributed by atoms with E-state index < -0.39 is 17.5 Å². The van der Waals surface area contributed by atoms with Crippen LogP contribution in [0.5, 0.6) is 5.75 Å². The van der Waals surface area contributed by atoms with Gasteiger partial charge in [0, 0.05) is 11.0 Å². The van der Waals surface area contributed by atoms with Crippen LogP contribution in [-0.4, -0.2) is 28.9 Å². The Morgan fingerprint density at radius 1 is 1.41 bits per heavy atom. The quantitative estimate of drug-likeness (QED) is 0.821. The summed E-state index contributed by atoms with van der Waals surface area (Å²) in [5.74, 6) is -0.624. The van der Waals surface area contributed by atoms with Crippen molar-refractivity contribution < 1.29 is 19.7 Å². The van der Waals surface area contributed by atoms with E-state index in [9.17, 15) is 9.90 Å². The molecule has 1 atom stereocenters. The Morgan fingerprint density at radius 3 is 2.53 bits per heavy atom. The molecule has 1 aromatic rings. The molecule has 0 fully saturated rings. The van der Waals surface area contributed by atoms with Gasteiger partial charge in [0.1, 0.15) is 5.75 Å². The summed E-state index contributed by atoms with van der Waals surface area (Å²) < 4.78 is 5.45. The predicted octanol–water partition coefficient (Wildman–Crippen LogP) is 1.81. The monoisotopic (exact) mass is 238 g/mol. The number of carboxylic acids is 1. The Hall–Kier alpha value is -1.55. The molecular formula is C13H18O4. The number of carboxylic acid groups (broad SMARTS) is 1. The van der Waals surface area contributed by atoms with Crippen LogP contribution >= 0.6 is 0 Å². The van der Waals surface area contributed by atoms with E-state index in [2.05, 4.69) is 0 Å². The van der Waals surface area contributed by atoms with Gasteiger partial charge < -0.3 is 14.9 Å². The Kier molecular flexibility index (Phi) is 4.12. The number of carbonyl (C=O) groups is 1. The zero-order valence-electron chi connectivity index (χ0n) is 10.3. The van der Waals surface area contributed by atoms with E-state index in [1.54, 1.807) is 32.0 Å². The molecule has 94 valence electrons. The van der Waals surface area contributed by atoms with Gasteiger partial charge in [0.2, 0.25) is 0 Å². The minimum atomic E-state index is -1.47. The van der Waals surface area contributed by atoms with E-state index >= 15 is 0 Å². The fourth-order valence-corrected chi connectivity index (χ4v) is 1.74. The second kappa shape index (κ2) is 5.19. The van der Waals surface area contributed by atoms with Crippen molar-refractivity contribution in [2.24, 2.45) is 0 Å². The summed E-state index contributed by atoms with van der Waals surface area (Å²) in [7, 11) is 0.